The molecule has 5 heteroatoms. The third kappa shape index (κ3) is 3.93. The van der Waals surface area contributed by atoms with Crippen LogP contribution in [0.3, 0.4) is 0 Å². The van der Waals surface area contributed by atoms with Crippen molar-refractivity contribution in [2.24, 2.45) is 0 Å². The molecule has 1 saturated heterocycles. The number of nitrogens with zero attached hydrogens (tertiary/aromatic N) is 1. The molecule has 27 heavy (non-hydrogen) atoms. The number of hydrogen-bond donors (Lipinski definition) is 1. The first kappa shape index (κ1) is 17.9. The lowest BCUT2D eigenvalue weighted by Gasteiger charge is -2.29. The molecule has 0 bridgehead atoms. The monoisotopic (exact) mass is 366 g/mol. The molecule has 2 heterocycles. The first-order valence-corrected chi connectivity index (χ1v) is 9.63. The van der Waals surface area contributed by atoms with Crippen LogP contribution in [0.25, 0.3) is 0 Å². The Morgan fingerprint density at radius 3 is 3.00 bits per heavy atom. The Labute approximate surface area is 160 Å². The fraction of sp³-hybridized carbons (Fsp3) is 0.409. The molecule has 0 aliphatic carbocycles. The highest BCUT2D eigenvalue weighted by Crippen LogP contribution is 2.34. The van der Waals surface area contributed by atoms with Gasteiger partial charge in [-0.15, -0.1) is 0 Å². The largest absolute Gasteiger partial charge is 0.497 e. The number of likely N-dealkylation sites (tertiary alicyclic amines) is 1. The van der Waals surface area contributed by atoms with Crippen molar-refractivity contribution in [1.82, 2.24) is 10.2 Å². The number of carbonyl (C=O) groups is 1. The Kier molecular flexibility index (Phi) is 5.30. The average molecular weight is 366 g/mol. The third-order valence-electron chi connectivity index (χ3n) is 5.48. The van der Waals surface area contributed by atoms with Crippen LogP contribution in [-0.4, -0.2) is 37.6 Å². The van der Waals surface area contributed by atoms with Gasteiger partial charge in [-0.2, -0.15) is 0 Å². The molecule has 1 amide bonds. The molecular weight excluding hydrogens is 340 g/mol. The molecule has 2 aliphatic rings. The topological polar surface area (TPSA) is 50.8 Å². The molecule has 5 nitrogen and oxygen atoms in total. The number of para-hydroxylation sites is 1. The number of ether oxygens (including phenoxy) is 2. The molecular formula is C22H26N2O3. The molecule has 0 saturated carbocycles. The van der Waals surface area contributed by atoms with Crippen molar-refractivity contribution in [2.45, 2.75) is 31.3 Å². The number of rotatable bonds is 5. The van der Waals surface area contributed by atoms with Crippen molar-refractivity contribution in [2.75, 3.05) is 26.8 Å². The average Bonchev–Trinajstić information content (AvgIpc) is 3.16. The third-order valence-corrected chi connectivity index (χ3v) is 5.48. The summed E-state index contributed by atoms with van der Waals surface area (Å²) in [6, 6.07) is 16.4. The van der Waals surface area contributed by atoms with Crippen LogP contribution in [0.1, 0.15) is 42.5 Å². The summed E-state index contributed by atoms with van der Waals surface area (Å²) in [4.78, 5) is 15.0. The zero-order chi connectivity index (χ0) is 18.6. The minimum Gasteiger partial charge on any atom is -0.497 e. The molecule has 2 atom stereocenters. The van der Waals surface area contributed by atoms with E-state index in [1.807, 2.05) is 36.4 Å². The highest BCUT2D eigenvalue weighted by Gasteiger charge is 2.29. The zero-order valence-electron chi connectivity index (χ0n) is 15.7. The normalized spacial score (nSPS) is 22.0. The van der Waals surface area contributed by atoms with Crippen molar-refractivity contribution < 1.29 is 14.3 Å². The predicted octanol–water partition coefficient (Wildman–Crippen LogP) is 3.47. The molecule has 0 aromatic heterocycles. The number of benzene rings is 2. The molecule has 0 spiro atoms. The molecule has 1 fully saturated rings. The van der Waals surface area contributed by atoms with Crippen LogP contribution in [0.4, 0.5) is 0 Å². The number of methoxy groups -OCH3 is 1. The lowest BCUT2D eigenvalue weighted by atomic mass is 10.0. The van der Waals surface area contributed by atoms with Gasteiger partial charge in [-0.3, -0.25) is 9.69 Å². The van der Waals surface area contributed by atoms with E-state index in [1.165, 1.54) is 5.56 Å². The molecule has 4 rings (SSSR count). The Morgan fingerprint density at radius 2 is 2.11 bits per heavy atom. The Balaban J connectivity index is 1.42. The van der Waals surface area contributed by atoms with E-state index < -0.39 is 0 Å². The number of amides is 1. The Hall–Kier alpha value is -2.53. The van der Waals surface area contributed by atoms with Gasteiger partial charge >= 0.3 is 0 Å². The first-order chi connectivity index (χ1) is 13.2. The second-order valence-electron chi connectivity index (χ2n) is 7.20. The summed E-state index contributed by atoms with van der Waals surface area (Å²) in [6.07, 6.45) is 2.98. The molecule has 2 aromatic carbocycles. The Morgan fingerprint density at radius 1 is 1.22 bits per heavy atom. The fourth-order valence-electron chi connectivity index (χ4n) is 4.16. The highest BCUT2D eigenvalue weighted by molar-refractivity contribution is 5.78. The lowest BCUT2D eigenvalue weighted by molar-refractivity contribution is -0.123. The second kappa shape index (κ2) is 8.01. The maximum atomic E-state index is 12.8. The fourth-order valence-corrected chi connectivity index (χ4v) is 4.16. The van der Waals surface area contributed by atoms with Crippen molar-refractivity contribution in [3.63, 3.8) is 0 Å². The van der Waals surface area contributed by atoms with Gasteiger partial charge < -0.3 is 14.8 Å². The second-order valence-corrected chi connectivity index (χ2v) is 7.20. The van der Waals surface area contributed by atoms with Gasteiger partial charge in [0.2, 0.25) is 5.91 Å². The minimum atomic E-state index is 0.0281. The number of fused-ring (bicyclic) bond motifs is 1. The summed E-state index contributed by atoms with van der Waals surface area (Å²) in [6.45, 7) is 2.00. The van der Waals surface area contributed by atoms with E-state index in [1.54, 1.807) is 7.11 Å². The number of hydrogen-bond acceptors (Lipinski definition) is 4. The van der Waals surface area contributed by atoms with E-state index in [0.717, 1.165) is 42.9 Å². The summed E-state index contributed by atoms with van der Waals surface area (Å²) in [5.41, 5.74) is 2.29. The zero-order valence-corrected chi connectivity index (χ0v) is 15.7. The summed E-state index contributed by atoms with van der Waals surface area (Å²) >= 11 is 0. The van der Waals surface area contributed by atoms with Crippen LogP contribution in [0, 0.1) is 0 Å². The van der Waals surface area contributed by atoms with E-state index in [2.05, 4.69) is 22.3 Å². The van der Waals surface area contributed by atoms with Gasteiger partial charge in [0, 0.05) is 18.0 Å². The van der Waals surface area contributed by atoms with Gasteiger partial charge in [0.25, 0.3) is 0 Å². The maximum Gasteiger partial charge on any atom is 0.234 e. The number of carbonyl (C=O) groups excluding carboxylic acids is 1. The van der Waals surface area contributed by atoms with Gasteiger partial charge in [-0.05, 0) is 43.1 Å². The standard InChI is InChI=1S/C22H26N2O3/c1-26-17-7-4-6-16(14-17)20-9-5-12-24(20)15-22(25)23-19-11-13-27-21-10-3-2-8-18(19)21/h2-4,6-8,10,14,19-20H,5,9,11-13,15H2,1H3,(H,23,25). The SMILES string of the molecule is COc1cccc(C2CCCN2CC(=O)NC2CCOc3ccccc32)c1. The maximum absolute atomic E-state index is 12.8. The molecule has 1 N–H and O–H groups in total. The van der Waals surface area contributed by atoms with E-state index in [4.69, 9.17) is 9.47 Å². The van der Waals surface area contributed by atoms with Crippen LogP contribution >= 0.6 is 0 Å². The first-order valence-electron chi connectivity index (χ1n) is 9.63. The summed E-state index contributed by atoms with van der Waals surface area (Å²) in [5, 5.41) is 3.21. The van der Waals surface area contributed by atoms with Crippen molar-refractivity contribution in [1.29, 1.82) is 0 Å². The van der Waals surface area contributed by atoms with Gasteiger partial charge in [-0.25, -0.2) is 0 Å². The van der Waals surface area contributed by atoms with E-state index >= 15 is 0 Å². The summed E-state index contributed by atoms with van der Waals surface area (Å²) in [7, 11) is 1.69. The van der Waals surface area contributed by atoms with Crippen LogP contribution in [0.2, 0.25) is 0 Å². The number of nitrogens with one attached hydrogen (secondary N) is 1. The highest BCUT2D eigenvalue weighted by atomic mass is 16.5. The minimum absolute atomic E-state index is 0.0281. The van der Waals surface area contributed by atoms with Gasteiger partial charge in [0.05, 0.1) is 26.3 Å². The molecule has 2 unspecified atom stereocenters. The quantitative estimate of drug-likeness (QED) is 0.880. The smallest absolute Gasteiger partial charge is 0.234 e. The summed E-state index contributed by atoms with van der Waals surface area (Å²) < 4.78 is 11.0. The van der Waals surface area contributed by atoms with E-state index in [-0.39, 0.29) is 18.0 Å². The summed E-state index contributed by atoms with van der Waals surface area (Å²) in [5.74, 6) is 1.82. The molecule has 2 aromatic rings. The van der Waals surface area contributed by atoms with Crippen molar-refractivity contribution >= 4 is 5.91 Å². The Bertz CT molecular complexity index is 808. The predicted molar refractivity (Wildman–Crippen MR) is 104 cm³/mol. The van der Waals surface area contributed by atoms with Crippen LogP contribution in [-0.2, 0) is 4.79 Å². The van der Waals surface area contributed by atoms with Crippen LogP contribution < -0.4 is 14.8 Å². The van der Waals surface area contributed by atoms with Crippen molar-refractivity contribution in [3.05, 3.63) is 59.7 Å². The molecule has 2 aliphatic heterocycles. The van der Waals surface area contributed by atoms with Gasteiger partial charge in [-0.1, -0.05) is 30.3 Å². The van der Waals surface area contributed by atoms with E-state index in [9.17, 15) is 4.79 Å². The lowest BCUT2D eigenvalue weighted by Crippen LogP contribution is -2.40. The molecule has 142 valence electrons. The molecule has 0 radical (unpaired) electrons. The van der Waals surface area contributed by atoms with Gasteiger partial charge in [0.15, 0.2) is 0 Å². The van der Waals surface area contributed by atoms with E-state index in [0.29, 0.717) is 13.2 Å². The van der Waals surface area contributed by atoms with Crippen molar-refractivity contribution in [3.8, 4) is 11.5 Å². The van der Waals surface area contributed by atoms with Crippen LogP contribution in [0.5, 0.6) is 11.5 Å². The van der Waals surface area contributed by atoms with Crippen LogP contribution in [0.15, 0.2) is 48.5 Å². The van der Waals surface area contributed by atoms with Gasteiger partial charge in [0.1, 0.15) is 11.5 Å².